The molecule has 1 amide bonds. The van der Waals surface area contributed by atoms with Crippen molar-refractivity contribution in [2.75, 3.05) is 20.5 Å². The number of rotatable bonds is 6. The molecule has 0 saturated heterocycles. The predicted octanol–water partition coefficient (Wildman–Crippen LogP) is 5.48. The van der Waals surface area contributed by atoms with Crippen molar-refractivity contribution in [3.05, 3.63) is 113 Å². The number of halogens is 1. The van der Waals surface area contributed by atoms with Crippen LogP contribution in [0.3, 0.4) is 0 Å². The van der Waals surface area contributed by atoms with Crippen LogP contribution in [-0.2, 0) is 32.9 Å². The van der Waals surface area contributed by atoms with Crippen LogP contribution in [0.15, 0.2) is 101 Å². The van der Waals surface area contributed by atoms with Crippen molar-refractivity contribution < 1.29 is 21.6 Å². The summed E-state index contributed by atoms with van der Waals surface area (Å²) in [6.07, 6.45) is 1.03. The zero-order valence-corrected chi connectivity index (χ0v) is 24.4. The molecule has 1 N–H and O–H groups in total. The van der Waals surface area contributed by atoms with Crippen molar-refractivity contribution in [2.45, 2.75) is 35.6 Å². The van der Waals surface area contributed by atoms with Gasteiger partial charge in [-0.05, 0) is 97.6 Å². The maximum atomic E-state index is 13.4. The molecule has 0 saturated carbocycles. The Labute approximate surface area is 244 Å². The van der Waals surface area contributed by atoms with Crippen LogP contribution in [0.1, 0.15) is 28.4 Å². The second-order valence-corrected chi connectivity index (χ2v) is 14.2. The van der Waals surface area contributed by atoms with Crippen LogP contribution in [0.2, 0.25) is 5.02 Å². The molecule has 2 aliphatic rings. The van der Waals surface area contributed by atoms with E-state index in [0.29, 0.717) is 47.0 Å². The molecule has 0 spiro atoms. The number of sulfonamides is 2. The van der Waals surface area contributed by atoms with Gasteiger partial charge in [-0.25, -0.2) is 16.8 Å². The number of nitrogens with zero attached hydrogens (tertiary/aromatic N) is 2. The highest BCUT2D eigenvalue weighted by Gasteiger charge is 2.36. The molecule has 0 fully saturated rings. The number of amides is 1. The van der Waals surface area contributed by atoms with Gasteiger partial charge < -0.3 is 5.32 Å². The van der Waals surface area contributed by atoms with E-state index in [0.717, 1.165) is 11.1 Å². The summed E-state index contributed by atoms with van der Waals surface area (Å²) in [5, 5.41) is 3.31. The Morgan fingerprint density at radius 3 is 2.24 bits per heavy atom. The number of anilines is 3. The van der Waals surface area contributed by atoms with E-state index in [-0.39, 0.29) is 21.7 Å². The van der Waals surface area contributed by atoms with Gasteiger partial charge in [0.1, 0.15) is 0 Å². The molecular weight excluding hydrogens is 582 g/mol. The number of nitrogens with one attached hydrogen (secondary N) is 1. The molecule has 1 unspecified atom stereocenters. The van der Waals surface area contributed by atoms with E-state index < -0.39 is 20.0 Å². The fourth-order valence-corrected chi connectivity index (χ4v) is 8.77. The maximum Gasteiger partial charge on any atom is 0.264 e. The first kappa shape index (κ1) is 27.3. The van der Waals surface area contributed by atoms with E-state index in [1.54, 1.807) is 60.7 Å². The van der Waals surface area contributed by atoms with E-state index in [1.165, 1.54) is 32.9 Å². The maximum absolute atomic E-state index is 13.4. The topological polar surface area (TPSA) is 104 Å². The molecule has 4 aromatic rings. The lowest BCUT2D eigenvalue weighted by Crippen LogP contribution is -2.35. The quantitative estimate of drug-likeness (QED) is 0.312. The first-order valence-electron chi connectivity index (χ1n) is 13.0. The lowest BCUT2D eigenvalue weighted by atomic mass is 10.1. The summed E-state index contributed by atoms with van der Waals surface area (Å²) in [6.45, 7) is 2.14. The third kappa shape index (κ3) is 4.86. The van der Waals surface area contributed by atoms with Crippen LogP contribution < -0.4 is 13.9 Å². The van der Waals surface area contributed by atoms with Crippen molar-refractivity contribution in [3.8, 4) is 0 Å². The molecule has 11 heteroatoms. The molecule has 2 aliphatic heterocycles. The van der Waals surface area contributed by atoms with E-state index >= 15 is 0 Å². The van der Waals surface area contributed by atoms with Crippen LogP contribution in [0.4, 0.5) is 17.1 Å². The van der Waals surface area contributed by atoms with Gasteiger partial charge in [0.2, 0.25) is 0 Å². The highest BCUT2D eigenvalue weighted by atomic mass is 35.5. The average Bonchev–Trinajstić information content (AvgIpc) is 3.54. The summed E-state index contributed by atoms with van der Waals surface area (Å²) in [4.78, 5) is 13.6. The van der Waals surface area contributed by atoms with Crippen molar-refractivity contribution in [3.63, 3.8) is 0 Å². The van der Waals surface area contributed by atoms with E-state index in [9.17, 15) is 21.6 Å². The summed E-state index contributed by atoms with van der Waals surface area (Å²) in [5.41, 5.74) is 3.53. The summed E-state index contributed by atoms with van der Waals surface area (Å²) < 4.78 is 56.1. The van der Waals surface area contributed by atoms with Gasteiger partial charge in [-0.3, -0.25) is 13.4 Å². The summed E-state index contributed by atoms with van der Waals surface area (Å²) in [5.74, 6) is -0.380. The number of carbonyl (C=O) groups is 1. The fraction of sp³-hybridized carbons (Fsp3) is 0.167. The minimum absolute atomic E-state index is 0.139. The molecule has 0 aromatic heterocycles. The number of carbonyl (C=O) groups excluding carboxylic acids is 1. The number of hydrogen-bond acceptors (Lipinski definition) is 5. The molecule has 210 valence electrons. The Bertz CT molecular complexity index is 1880. The minimum Gasteiger partial charge on any atom is -0.322 e. The van der Waals surface area contributed by atoms with Crippen LogP contribution in [-0.4, -0.2) is 35.3 Å². The Morgan fingerprint density at radius 1 is 0.805 bits per heavy atom. The van der Waals surface area contributed by atoms with Crippen molar-refractivity contribution in [1.82, 2.24) is 0 Å². The molecule has 1 atom stereocenters. The Morgan fingerprint density at radius 2 is 1.51 bits per heavy atom. The van der Waals surface area contributed by atoms with Crippen LogP contribution in [0, 0.1) is 0 Å². The van der Waals surface area contributed by atoms with Gasteiger partial charge in [0, 0.05) is 28.9 Å². The molecule has 0 radical (unpaired) electrons. The zero-order valence-electron chi connectivity index (χ0n) is 22.0. The molecular formula is C30H26ClN3O5S2. The fourth-order valence-electron chi connectivity index (χ4n) is 5.43. The number of fused-ring (bicyclic) bond motifs is 2. The first-order valence-corrected chi connectivity index (χ1v) is 16.3. The van der Waals surface area contributed by atoms with Gasteiger partial charge in [-0.15, -0.1) is 0 Å². The minimum atomic E-state index is -3.81. The largest absolute Gasteiger partial charge is 0.322 e. The average molecular weight is 608 g/mol. The van der Waals surface area contributed by atoms with E-state index in [1.807, 2.05) is 13.0 Å². The lowest BCUT2D eigenvalue weighted by Gasteiger charge is -2.24. The molecule has 41 heavy (non-hydrogen) atoms. The summed E-state index contributed by atoms with van der Waals surface area (Å²) >= 11 is 5.94. The molecule has 0 bridgehead atoms. The van der Waals surface area contributed by atoms with Crippen LogP contribution in [0.25, 0.3) is 0 Å². The van der Waals surface area contributed by atoms with E-state index in [2.05, 4.69) is 5.32 Å². The Hall–Kier alpha value is -3.86. The number of hydrogen-bond donors (Lipinski definition) is 1. The van der Waals surface area contributed by atoms with Gasteiger partial charge >= 0.3 is 0 Å². The van der Waals surface area contributed by atoms with Gasteiger partial charge in [0.15, 0.2) is 0 Å². The Kier molecular flexibility index (Phi) is 6.80. The number of benzene rings is 4. The predicted molar refractivity (Wildman–Crippen MR) is 160 cm³/mol. The molecule has 2 heterocycles. The standard InChI is InChI=1S/C30H26ClN3O5S2/c1-20-17-23-18-22(8-14-28(23)34(20)41(38,39)26-5-3-2-4-6-26)30(35)32-25-11-7-21-15-16-33(29(21)19-25)40(36,37)27-12-9-24(31)10-13-27/h2-14,18-20H,15-17H2,1H3,(H,32,35). The van der Waals surface area contributed by atoms with Crippen LogP contribution in [0.5, 0.6) is 0 Å². The third-order valence-corrected chi connectivity index (χ3v) is 11.4. The Balaban J connectivity index is 1.24. The summed E-state index contributed by atoms with van der Waals surface area (Å²) in [6, 6.07) is 24.2. The smallest absolute Gasteiger partial charge is 0.264 e. The monoisotopic (exact) mass is 607 g/mol. The molecule has 4 aromatic carbocycles. The molecule has 0 aliphatic carbocycles. The van der Waals surface area contributed by atoms with Crippen molar-refractivity contribution in [1.29, 1.82) is 0 Å². The SMILES string of the molecule is CC1Cc2cc(C(=O)Nc3ccc4c(c3)N(S(=O)(=O)c3ccc(Cl)cc3)CC4)ccc2N1S(=O)(=O)c1ccccc1. The first-order chi connectivity index (χ1) is 19.6. The van der Waals surface area contributed by atoms with Crippen molar-refractivity contribution in [2.24, 2.45) is 0 Å². The molecule has 8 nitrogen and oxygen atoms in total. The second-order valence-electron chi connectivity index (χ2n) is 10.1. The second kappa shape index (κ2) is 10.2. The van der Waals surface area contributed by atoms with E-state index in [4.69, 9.17) is 11.6 Å². The lowest BCUT2D eigenvalue weighted by molar-refractivity contribution is 0.102. The van der Waals surface area contributed by atoms with Gasteiger partial charge in [0.25, 0.3) is 26.0 Å². The molecule has 6 rings (SSSR count). The van der Waals surface area contributed by atoms with Gasteiger partial charge in [-0.1, -0.05) is 35.9 Å². The zero-order chi connectivity index (χ0) is 28.9. The van der Waals surface area contributed by atoms with Crippen LogP contribution >= 0.6 is 11.6 Å². The van der Waals surface area contributed by atoms with Gasteiger partial charge in [-0.2, -0.15) is 0 Å². The third-order valence-electron chi connectivity index (χ3n) is 7.39. The summed E-state index contributed by atoms with van der Waals surface area (Å²) in [7, 11) is -7.56. The highest BCUT2D eigenvalue weighted by Crippen LogP contribution is 2.38. The van der Waals surface area contributed by atoms with Gasteiger partial charge in [0.05, 0.1) is 21.2 Å². The highest BCUT2D eigenvalue weighted by molar-refractivity contribution is 7.93. The normalized spacial score (nSPS) is 16.4. The van der Waals surface area contributed by atoms with Crippen molar-refractivity contribution >= 4 is 54.6 Å².